The molecule has 1 aromatic carbocycles. The highest BCUT2D eigenvalue weighted by molar-refractivity contribution is 6.31. The van der Waals surface area contributed by atoms with Gasteiger partial charge < -0.3 is 5.32 Å². The van der Waals surface area contributed by atoms with Gasteiger partial charge in [0.25, 0.3) is 11.6 Å². The maximum atomic E-state index is 11.7. The quantitative estimate of drug-likeness (QED) is 0.380. The topological polar surface area (TPSA) is 72.2 Å². The molecule has 17 heavy (non-hydrogen) atoms. The lowest BCUT2D eigenvalue weighted by Crippen LogP contribution is -2.24. The lowest BCUT2D eigenvalue weighted by atomic mass is 10.1. The molecule has 1 N–H and O–H groups in total. The third-order valence-corrected chi connectivity index (χ3v) is 2.27. The number of hydrogen-bond donors (Lipinski definition) is 1. The zero-order valence-electron chi connectivity index (χ0n) is 8.98. The smallest absolute Gasteiger partial charge is 0.283 e. The summed E-state index contributed by atoms with van der Waals surface area (Å²) in [6, 6.07) is 3.94. The number of nitrogens with one attached hydrogen (secondary N) is 1. The summed E-state index contributed by atoms with van der Waals surface area (Å²) in [5.74, 6) is -0.491. The Labute approximate surface area is 103 Å². The maximum Gasteiger partial charge on any atom is 0.283 e. The lowest BCUT2D eigenvalue weighted by molar-refractivity contribution is -0.385. The first-order valence-corrected chi connectivity index (χ1v) is 5.27. The number of carbonyl (C=O) groups is 1. The van der Waals surface area contributed by atoms with E-state index < -0.39 is 10.8 Å². The molecule has 1 amide bonds. The molecule has 0 aliphatic heterocycles. The van der Waals surface area contributed by atoms with E-state index in [2.05, 4.69) is 11.9 Å². The molecule has 0 atom stereocenters. The summed E-state index contributed by atoms with van der Waals surface area (Å²) in [5, 5.41) is 13.5. The molecule has 0 spiro atoms. The molecule has 0 heterocycles. The van der Waals surface area contributed by atoms with Crippen LogP contribution in [0.2, 0.25) is 5.02 Å². The second-order valence-electron chi connectivity index (χ2n) is 3.25. The van der Waals surface area contributed by atoms with Crippen LogP contribution in [-0.4, -0.2) is 17.4 Å². The Morgan fingerprint density at radius 1 is 1.59 bits per heavy atom. The number of rotatable bonds is 5. The van der Waals surface area contributed by atoms with Gasteiger partial charge >= 0.3 is 0 Å². The number of nitrogens with zero attached hydrogens (tertiary/aromatic N) is 1. The molecule has 0 aliphatic carbocycles. The van der Waals surface area contributed by atoms with Crippen LogP contribution < -0.4 is 5.32 Å². The van der Waals surface area contributed by atoms with E-state index in [0.717, 1.165) is 6.07 Å². The molecule has 1 rings (SSSR count). The van der Waals surface area contributed by atoms with E-state index in [1.54, 1.807) is 6.08 Å². The number of benzene rings is 1. The number of hydrogen-bond acceptors (Lipinski definition) is 3. The van der Waals surface area contributed by atoms with Crippen LogP contribution in [0, 0.1) is 10.1 Å². The van der Waals surface area contributed by atoms with Crippen molar-refractivity contribution in [2.24, 2.45) is 0 Å². The van der Waals surface area contributed by atoms with Gasteiger partial charge in [-0.05, 0) is 18.6 Å². The maximum absolute atomic E-state index is 11.7. The molecular formula is C11H11ClN2O3. The van der Waals surface area contributed by atoms with E-state index in [9.17, 15) is 14.9 Å². The van der Waals surface area contributed by atoms with Gasteiger partial charge in [-0.1, -0.05) is 17.7 Å². The Morgan fingerprint density at radius 2 is 2.29 bits per heavy atom. The summed E-state index contributed by atoms with van der Waals surface area (Å²) in [4.78, 5) is 21.8. The first-order chi connectivity index (χ1) is 8.06. The van der Waals surface area contributed by atoms with Crippen molar-refractivity contribution in [2.75, 3.05) is 6.54 Å². The Morgan fingerprint density at radius 3 is 2.88 bits per heavy atom. The summed E-state index contributed by atoms with van der Waals surface area (Å²) >= 11 is 5.64. The predicted molar refractivity (Wildman–Crippen MR) is 65.3 cm³/mol. The molecular weight excluding hydrogens is 244 g/mol. The molecule has 0 saturated heterocycles. The zero-order valence-corrected chi connectivity index (χ0v) is 9.74. The number of nitro groups is 1. The van der Waals surface area contributed by atoms with Crippen LogP contribution >= 0.6 is 11.6 Å². The molecule has 0 saturated carbocycles. The van der Waals surface area contributed by atoms with Crippen molar-refractivity contribution >= 4 is 23.2 Å². The van der Waals surface area contributed by atoms with E-state index in [-0.39, 0.29) is 16.3 Å². The van der Waals surface area contributed by atoms with Gasteiger partial charge in [-0.2, -0.15) is 0 Å². The standard InChI is InChI=1S/C11H11ClN2O3/c1-2-3-6-13-11(15)9-5-4-8(12)7-10(9)14(16)17/h2,4-5,7H,1,3,6H2,(H,13,15). The van der Waals surface area contributed by atoms with Gasteiger partial charge in [-0.25, -0.2) is 0 Å². The second kappa shape index (κ2) is 6.00. The predicted octanol–water partition coefficient (Wildman–Crippen LogP) is 2.55. The van der Waals surface area contributed by atoms with E-state index in [0.29, 0.717) is 13.0 Å². The molecule has 0 aromatic heterocycles. The fourth-order valence-corrected chi connectivity index (χ4v) is 1.40. The molecule has 5 nitrogen and oxygen atoms in total. The van der Waals surface area contributed by atoms with Crippen LogP contribution in [0.5, 0.6) is 0 Å². The zero-order chi connectivity index (χ0) is 12.8. The Hall–Kier alpha value is -1.88. The average molecular weight is 255 g/mol. The van der Waals surface area contributed by atoms with Crippen molar-refractivity contribution in [3.63, 3.8) is 0 Å². The van der Waals surface area contributed by atoms with E-state index in [1.807, 2.05) is 0 Å². The third-order valence-electron chi connectivity index (χ3n) is 2.04. The van der Waals surface area contributed by atoms with Gasteiger partial charge in [-0.15, -0.1) is 6.58 Å². The molecule has 1 aromatic rings. The summed E-state index contributed by atoms with van der Waals surface area (Å²) in [6.07, 6.45) is 2.25. The summed E-state index contributed by atoms with van der Waals surface area (Å²) in [7, 11) is 0. The lowest BCUT2D eigenvalue weighted by Gasteiger charge is -2.04. The van der Waals surface area contributed by atoms with Gasteiger partial charge in [0.15, 0.2) is 0 Å². The summed E-state index contributed by atoms with van der Waals surface area (Å²) < 4.78 is 0. The van der Waals surface area contributed by atoms with Crippen molar-refractivity contribution in [1.82, 2.24) is 5.32 Å². The summed E-state index contributed by atoms with van der Waals surface area (Å²) in [6.45, 7) is 3.90. The van der Waals surface area contributed by atoms with Crippen molar-refractivity contribution in [3.05, 3.63) is 51.6 Å². The number of halogens is 1. The van der Waals surface area contributed by atoms with Gasteiger partial charge in [0.05, 0.1) is 4.92 Å². The van der Waals surface area contributed by atoms with Gasteiger partial charge in [-0.3, -0.25) is 14.9 Å². The van der Waals surface area contributed by atoms with Crippen molar-refractivity contribution in [2.45, 2.75) is 6.42 Å². The molecule has 6 heteroatoms. The van der Waals surface area contributed by atoms with Crippen LogP contribution in [-0.2, 0) is 0 Å². The SMILES string of the molecule is C=CCCNC(=O)c1ccc(Cl)cc1[N+](=O)[O-]. The fourth-order valence-electron chi connectivity index (χ4n) is 1.23. The Bertz CT molecular complexity index is 460. The largest absolute Gasteiger partial charge is 0.352 e. The van der Waals surface area contributed by atoms with E-state index in [1.165, 1.54) is 12.1 Å². The minimum Gasteiger partial charge on any atom is -0.352 e. The second-order valence-corrected chi connectivity index (χ2v) is 3.69. The molecule has 90 valence electrons. The normalized spacial score (nSPS) is 9.71. The monoisotopic (exact) mass is 254 g/mol. The summed E-state index contributed by atoms with van der Waals surface area (Å²) in [5.41, 5.74) is -0.294. The third kappa shape index (κ3) is 3.57. The number of amides is 1. The number of carbonyl (C=O) groups excluding carboxylic acids is 1. The van der Waals surface area contributed by atoms with Crippen LogP contribution in [0.4, 0.5) is 5.69 Å². The van der Waals surface area contributed by atoms with Crippen LogP contribution in [0.15, 0.2) is 30.9 Å². The highest BCUT2D eigenvalue weighted by Crippen LogP contribution is 2.22. The van der Waals surface area contributed by atoms with Crippen LogP contribution in [0.3, 0.4) is 0 Å². The fraction of sp³-hybridized carbons (Fsp3) is 0.182. The van der Waals surface area contributed by atoms with Gasteiger partial charge in [0.1, 0.15) is 5.56 Å². The van der Waals surface area contributed by atoms with E-state index >= 15 is 0 Å². The first kappa shape index (κ1) is 13.2. The molecule has 0 unspecified atom stereocenters. The Kier molecular flexibility index (Phi) is 4.66. The van der Waals surface area contributed by atoms with Crippen LogP contribution in [0.25, 0.3) is 0 Å². The van der Waals surface area contributed by atoms with Crippen molar-refractivity contribution in [3.8, 4) is 0 Å². The number of nitro benzene ring substituents is 1. The minimum absolute atomic E-state index is 0.00321. The van der Waals surface area contributed by atoms with Gasteiger partial charge in [0.2, 0.25) is 0 Å². The van der Waals surface area contributed by atoms with Crippen LogP contribution in [0.1, 0.15) is 16.8 Å². The van der Waals surface area contributed by atoms with Crippen molar-refractivity contribution in [1.29, 1.82) is 0 Å². The molecule has 0 aliphatic rings. The van der Waals surface area contributed by atoms with E-state index in [4.69, 9.17) is 11.6 Å². The van der Waals surface area contributed by atoms with Crippen molar-refractivity contribution < 1.29 is 9.72 Å². The van der Waals surface area contributed by atoms with Gasteiger partial charge in [0, 0.05) is 17.6 Å². The Balaban J connectivity index is 2.92. The molecule has 0 radical (unpaired) electrons. The molecule has 0 bridgehead atoms. The highest BCUT2D eigenvalue weighted by Gasteiger charge is 2.19. The first-order valence-electron chi connectivity index (χ1n) is 4.89. The average Bonchev–Trinajstić information content (AvgIpc) is 2.29. The highest BCUT2D eigenvalue weighted by atomic mass is 35.5. The minimum atomic E-state index is -0.631. The molecule has 0 fully saturated rings.